The van der Waals surface area contributed by atoms with Crippen molar-refractivity contribution in [2.24, 2.45) is 5.41 Å². The van der Waals surface area contributed by atoms with Crippen molar-refractivity contribution in [3.8, 4) is 5.75 Å². The molecule has 0 unspecified atom stereocenters. The van der Waals surface area contributed by atoms with E-state index in [1.165, 1.54) is 6.07 Å². The van der Waals surface area contributed by atoms with Crippen LogP contribution >= 0.6 is 23.5 Å². The number of halogens is 2. The van der Waals surface area contributed by atoms with Crippen LogP contribution in [-0.2, 0) is 4.79 Å². The molecular formula is C24H30ClFN2O2S. The Bertz CT molecular complexity index is 855. The summed E-state index contributed by atoms with van der Waals surface area (Å²) in [6.07, 6.45) is 3.33. The Balaban J connectivity index is 1.36. The summed E-state index contributed by atoms with van der Waals surface area (Å²) in [6, 6.07) is 14.1. The molecule has 0 atom stereocenters. The highest BCUT2D eigenvalue weighted by molar-refractivity contribution is 7.97. The molecule has 1 fully saturated rings. The van der Waals surface area contributed by atoms with Crippen LogP contribution in [0.2, 0.25) is 5.02 Å². The minimum Gasteiger partial charge on any atom is -0.494 e. The van der Waals surface area contributed by atoms with Gasteiger partial charge in [0, 0.05) is 34.5 Å². The van der Waals surface area contributed by atoms with Crippen LogP contribution in [0, 0.1) is 11.2 Å². The summed E-state index contributed by atoms with van der Waals surface area (Å²) in [6.45, 7) is 6.26. The fourth-order valence-electron chi connectivity index (χ4n) is 3.49. The third-order valence-electron chi connectivity index (χ3n) is 5.46. The molecule has 1 heterocycles. The van der Waals surface area contributed by atoms with Crippen LogP contribution < -0.4 is 10.1 Å². The van der Waals surface area contributed by atoms with Crippen molar-refractivity contribution in [1.82, 2.24) is 9.62 Å². The van der Waals surface area contributed by atoms with Gasteiger partial charge in [-0.2, -0.15) is 0 Å². The van der Waals surface area contributed by atoms with Gasteiger partial charge in [0.2, 0.25) is 5.91 Å². The molecule has 1 aliphatic rings. The van der Waals surface area contributed by atoms with E-state index in [0.717, 1.165) is 49.4 Å². The molecule has 7 heteroatoms. The predicted octanol–water partition coefficient (Wildman–Crippen LogP) is 5.95. The van der Waals surface area contributed by atoms with E-state index >= 15 is 0 Å². The second kappa shape index (κ2) is 11.2. The maximum atomic E-state index is 13.4. The molecule has 0 bridgehead atoms. The number of nitrogens with one attached hydrogen (secondary N) is 1. The predicted molar refractivity (Wildman–Crippen MR) is 125 cm³/mol. The highest BCUT2D eigenvalue weighted by Crippen LogP contribution is 2.28. The van der Waals surface area contributed by atoms with Gasteiger partial charge in [-0.3, -0.25) is 4.79 Å². The molecular weight excluding hydrogens is 435 g/mol. The summed E-state index contributed by atoms with van der Waals surface area (Å²) in [5.74, 6) is 0.665. The number of hydrogen-bond acceptors (Lipinski definition) is 4. The van der Waals surface area contributed by atoms with Gasteiger partial charge in [-0.1, -0.05) is 31.5 Å². The van der Waals surface area contributed by atoms with Crippen LogP contribution in [0.25, 0.3) is 0 Å². The van der Waals surface area contributed by atoms with E-state index in [1.807, 2.05) is 32.0 Å². The van der Waals surface area contributed by atoms with Crippen molar-refractivity contribution in [3.05, 3.63) is 59.4 Å². The van der Waals surface area contributed by atoms with Gasteiger partial charge in [0.05, 0.1) is 6.61 Å². The summed E-state index contributed by atoms with van der Waals surface area (Å²) in [5, 5.41) is 3.91. The highest BCUT2D eigenvalue weighted by Gasteiger charge is 2.30. The van der Waals surface area contributed by atoms with Gasteiger partial charge in [0.15, 0.2) is 0 Å². The molecule has 1 N–H and O–H groups in total. The van der Waals surface area contributed by atoms with Gasteiger partial charge < -0.3 is 10.1 Å². The largest absolute Gasteiger partial charge is 0.494 e. The van der Waals surface area contributed by atoms with Gasteiger partial charge in [-0.15, -0.1) is 0 Å². The lowest BCUT2D eigenvalue weighted by Gasteiger charge is -2.33. The van der Waals surface area contributed by atoms with Gasteiger partial charge in [-0.05, 0) is 80.1 Å². The maximum absolute atomic E-state index is 13.4. The van der Waals surface area contributed by atoms with Gasteiger partial charge >= 0.3 is 0 Å². The zero-order chi connectivity index (χ0) is 22.3. The number of amides is 1. The molecule has 0 saturated carbocycles. The third kappa shape index (κ3) is 7.70. The number of rotatable bonds is 9. The average Bonchev–Trinajstić information content (AvgIpc) is 2.74. The molecule has 31 heavy (non-hydrogen) atoms. The molecule has 0 aliphatic carbocycles. The fraction of sp³-hybridized carbons (Fsp3) is 0.458. The summed E-state index contributed by atoms with van der Waals surface area (Å²) < 4.78 is 21.3. The van der Waals surface area contributed by atoms with Crippen molar-refractivity contribution >= 4 is 29.5 Å². The number of carbonyl (C=O) groups is 1. The summed E-state index contributed by atoms with van der Waals surface area (Å²) in [4.78, 5) is 13.7. The molecule has 1 aliphatic heterocycles. The van der Waals surface area contributed by atoms with Crippen molar-refractivity contribution in [2.45, 2.75) is 50.5 Å². The van der Waals surface area contributed by atoms with Crippen LogP contribution in [0.3, 0.4) is 0 Å². The van der Waals surface area contributed by atoms with E-state index in [2.05, 4.69) is 9.62 Å². The number of benzene rings is 2. The quantitative estimate of drug-likeness (QED) is 0.367. The minimum atomic E-state index is -0.448. The molecule has 0 radical (unpaired) electrons. The van der Waals surface area contributed by atoms with Gasteiger partial charge in [0.1, 0.15) is 11.6 Å². The minimum absolute atomic E-state index is 0.0928. The standard InChI is InChI=1S/C24H30ClFN2O2S/c1-24(2,13-4-16-30-21-9-7-18(25)8-10-21)23(29)27-20-11-14-28(15-12-20)31-22-6-3-5-19(26)17-22/h3,5-10,17,20H,4,11-16H2,1-2H3,(H,27,29). The number of ether oxygens (including phenoxy) is 1. The first kappa shape index (κ1) is 23.9. The second-order valence-corrected chi connectivity index (χ2v) is 10.1. The zero-order valence-corrected chi connectivity index (χ0v) is 19.6. The first-order valence-electron chi connectivity index (χ1n) is 10.7. The van der Waals surface area contributed by atoms with Crippen molar-refractivity contribution in [3.63, 3.8) is 0 Å². The lowest BCUT2D eigenvalue weighted by atomic mass is 9.86. The first-order chi connectivity index (χ1) is 14.8. The first-order valence-corrected chi connectivity index (χ1v) is 11.8. The SMILES string of the molecule is CC(C)(CCCOc1ccc(Cl)cc1)C(=O)NC1CCN(Sc2cccc(F)c2)CC1. The Hall–Kier alpha value is -1.76. The molecule has 1 saturated heterocycles. The van der Waals surface area contributed by atoms with Gasteiger partial charge in [0.25, 0.3) is 0 Å². The highest BCUT2D eigenvalue weighted by atomic mass is 35.5. The molecule has 0 spiro atoms. The lowest BCUT2D eigenvalue weighted by molar-refractivity contribution is -0.130. The van der Waals surface area contributed by atoms with E-state index in [-0.39, 0.29) is 17.8 Å². The van der Waals surface area contributed by atoms with Crippen molar-refractivity contribution in [2.75, 3.05) is 19.7 Å². The number of hydrogen-bond donors (Lipinski definition) is 1. The van der Waals surface area contributed by atoms with E-state index in [0.29, 0.717) is 11.6 Å². The average molecular weight is 465 g/mol. The topological polar surface area (TPSA) is 41.6 Å². The summed E-state index contributed by atoms with van der Waals surface area (Å²) in [7, 11) is 0. The van der Waals surface area contributed by atoms with Crippen LogP contribution in [0.1, 0.15) is 39.5 Å². The monoisotopic (exact) mass is 464 g/mol. The molecule has 4 nitrogen and oxygen atoms in total. The van der Waals surface area contributed by atoms with Crippen LogP contribution in [0.5, 0.6) is 5.75 Å². The van der Waals surface area contributed by atoms with Crippen LogP contribution in [0.15, 0.2) is 53.4 Å². The molecule has 168 valence electrons. The molecule has 2 aromatic carbocycles. The molecule has 0 aromatic heterocycles. The number of nitrogens with zero attached hydrogens (tertiary/aromatic N) is 1. The number of carbonyl (C=O) groups excluding carboxylic acids is 1. The third-order valence-corrected chi connectivity index (χ3v) is 6.80. The Kier molecular flexibility index (Phi) is 8.64. The fourth-order valence-corrected chi connectivity index (χ4v) is 4.62. The van der Waals surface area contributed by atoms with Gasteiger partial charge in [-0.25, -0.2) is 8.70 Å². The van der Waals surface area contributed by atoms with Crippen LogP contribution in [-0.4, -0.2) is 36.0 Å². The zero-order valence-electron chi connectivity index (χ0n) is 18.1. The van der Waals surface area contributed by atoms with E-state index in [4.69, 9.17) is 16.3 Å². The van der Waals surface area contributed by atoms with Crippen molar-refractivity contribution < 1.29 is 13.9 Å². The normalized spacial score (nSPS) is 15.6. The summed E-state index contributed by atoms with van der Waals surface area (Å²) >= 11 is 7.46. The molecule has 2 aromatic rings. The molecule has 1 amide bonds. The Morgan fingerprint density at radius 3 is 2.61 bits per heavy atom. The lowest BCUT2D eigenvalue weighted by Crippen LogP contribution is -2.47. The Morgan fingerprint density at radius 2 is 1.94 bits per heavy atom. The Labute approximate surface area is 193 Å². The van der Waals surface area contributed by atoms with E-state index in [1.54, 1.807) is 36.2 Å². The van der Waals surface area contributed by atoms with Crippen molar-refractivity contribution in [1.29, 1.82) is 0 Å². The second-order valence-electron chi connectivity index (χ2n) is 8.52. The smallest absolute Gasteiger partial charge is 0.225 e. The maximum Gasteiger partial charge on any atom is 0.225 e. The van der Waals surface area contributed by atoms with Crippen LogP contribution in [0.4, 0.5) is 4.39 Å². The molecule has 3 rings (SSSR count). The van der Waals surface area contributed by atoms with E-state index in [9.17, 15) is 9.18 Å². The van der Waals surface area contributed by atoms with E-state index < -0.39 is 5.41 Å². The number of piperidine rings is 1. The Morgan fingerprint density at radius 1 is 1.23 bits per heavy atom. The summed E-state index contributed by atoms with van der Waals surface area (Å²) in [5.41, 5.74) is -0.448.